The van der Waals surface area contributed by atoms with Crippen molar-refractivity contribution in [2.75, 3.05) is 52.2 Å². The number of piperidine rings is 1. The van der Waals surface area contributed by atoms with Crippen molar-refractivity contribution in [3.63, 3.8) is 0 Å². The summed E-state index contributed by atoms with van der Waals surface area (Å²) in [7, 11) is -3.47. The third-order valence-electron chi connectivity index (χ3n) is 6.41. The average molecular weight is 468 g/mol. The summed E-state index contributed by atoms with van der Waals surface area (Å²) in [6.45, 7) is 1.91. The number of rotatable bonds is 4. The molecule has 1 aromatic carbocycles. The van der Waals surface area contributed by atoms with Crippen LogP contribution in [0.15, 0.2) is 24.3 Å². The van der Waals surface area contributed by atoms with Crippen molar-refractivity contribution in [3.05, 3.63) is 29.8 Å². The van der Waals surface area contributed by atoms with Gasteiger partial charge in [0.25, 0.3) is 5.91 Å². The van der Waals surface area contributed by atoms with Gasteiger partial charge in [-0.05, 0) is 43.2 Å². The summed E-state index contributed by atoms with van der Waals surface area (Å²) in [5.41, 5.74) is 0.273. The average Bonchev–Trinajstić information content (AvgIpc) is 2.79. The first-order valence-corrected chi connectivity index (χ1v) is 13.0. The summed E-state index contributed by atoms with van der Waals surface area (Å²) in [5.74, 6) is 0.0527. The molecule has 0 aromatic heterocycles. The molecule has 3 heterocycles. The molecule has 1 saturated heterocycles. The first-order valence-electron chi connectivity index (χ1n) is 11.1. The zero-order chi connectivity index (χ0) is 23.2. The Bertz CT molecular complexity index is 912. The zero-order valence-electron chi connectivity index (χ0n) is 18.6. The number of aliphatic hydroxyl groups is 1. The van der Waals surface area contributed by atoms with Crippen molar-refractivity contribution < 1.29 is 27.9 Å². The van der Waals surface area contributed by atoms with Crippen LogP contribution in [0.2, 0.25) is 0 Å². The van der Waals surface area contributed by atoms with Crippen LogP contribution in [0.25, 0.3) is 0 Å². The van der Waals surface area contributed by atoms with Crippen LogP contribution in [0.4, 0.5) is 0 Å². The van der Waals surface area contributed by atoms with Gasteiger partial charge < -0.3 is 19.6 Å². The number of benzene rings is 1. The minimum Gasteiger partial charge on any atom is -0.491 e. The predicted molar refractivity (Wildman–Crippen MR) is 120 cm³/mol. The molecule has 2 amide bonds. The monoisotopic (exact) mass is 467 g/mol. The molecule has 2 N–H and O–H groups in total. The van der Waals surface area contributed by atoms with Crippen molar-refractivity contribution >= 4 is 21.8 Å². The minimum absolute atomic E-state index is 0.0790. The summed E-state index contributed by atoms with van der Waals surface area (Å²) < 4.78 is 30.9. The predicted octanol–water partition coefficient (Wildman–Crippen LogP) is 0.842. The SMILES string of the molecule is CS(=O)(=O)NCC(=O)N1CCCCC2(CO)CCN(CC2)C(=O)c2ccccc2OCC1. The quantitative estimate of drug-likeness (QED) is 0.678. The summed E-state index contributed by atoms with van der Waals surface area (Å²) >= 11 is 0. The summed E-state index contributed by atoms with van der Waals surface area (Å²) in [5, 5.41) is 10.1. The summed E-state index contributed by atoms with van der Waals surface area (Å²) in [4.78, 5) is 29.2. The van der Waals surface area contributed by atoms with Crippen molar-refractivity contribution in [1.29, 1.82) is 0 Å². The van der Waals surface area contributed by atoms with E-state index in [-0.39, 0.29) is 43.5 Å². The molecule has 1 aromatic rings. The van der Waals surface area contributed by atoms with Crippen LogP contribution in [0.5, 0.6) is 5.75 Å². The molecule has 0 atom stereocenters. The van der Waals surface area contributed by atoms with Gasteiger partial charge in [-0.3, -0.25) is 9.59 Å². The lowest BCUT2D eigenvalue weighted by Gasteiger charge is -2.41. The van der Waals surface area contributed by atoms with Crippen molar-refractivity contribution in [2.45, 2.75) is 32.1 Å². The Balaban J connectivity index is 1.79. The molecule has 0 aliphatic carbocycles. The highest BCUT2D eigenvalue weighted by molar-refractivity contribution is 7.88. The van der Waals surface area contributed by atoms with Crippen LogP contribution < -0.4 is 9.46 Å². The molecule has 2 bridgehead atoms. The number of nitrogens with one attached hydrogen (secondary N) is 1. The van der Waals surface area contributed by atoms with E-state index < -0.39 is 10.0 Å². The minimum atomic E-state index is -3.47. The zero-order valence-corrected chi connectivity index (χ0v) is 19.4. The molecule has 10 heteroatoms. The first-order chi connectivity index (χ1) is 15.2. The van der Waals surface area contributed by atoms with Crippen molar-refractivity contribution in [1.82, 2.24) is 14.5 Å². The van der Waals surface area contributed by atoms with E-state index in [1.807, 2.05) is 4.90 Å². The van der Waals surface area contributed by atoms with Gasteiger partial charge in [0.15, 0.2) is 0 Å². The van der Waals surface area contributed by atoms with E-state index in [2.05, 4.69) is 4.72 Å². The van der Waals surface area contributed by atoms with Crippen LogP contribution >= 0.6 is 0 Å². The maximum absolute atomic E-state index is 13.1. The Labute approximate surface area is 189 Å². The van der Waals surface area contributed by atoms with Crippen LogP contribution in [-0.4, -0.2) is 87.3 Å². The third-order valence-corrected chi connectivity index (χ3v) is 7.08. The molecule has 0 radical (unpaired) electrons. The molecule has 4 rings (SSSR count). The van der Waals surface area contributed by atoms with E-state index in [1.165, 1.54) is 0 Å². The number of amides is 2. The fourth-order valence-electron chi connectivity index (χ4n) is 4.35. The van der Waals surface area contributed by atoms with E-state index >= 15 is 0 Å². The molecule has 9 nitrogen and oxygen atoms in total. The Morgan fingerprint density at radius 3 is 2.53 bits per heavy atom. The van der Waals surface area contributed by atoms with Gasteiger partial charge in [-0.15, -0.1) is 0 Å². The van der Waals surface area contributed by atoms with Gasteiger partial charge in [0.2, 0.25) is 15.9 Å². The number of aliphatic hydroxyl groups excluding tert-OH is 1. The highest BCUT2D eigenvalue weighted by Crippen LogP contribution is 2.37. The Hall–Kier alpha value is -2.17. The maximum atomic E-state index is 13.1. The lowest BCUT2D eigenvalue weighted by molar-refractivity contribution is -0.130. The van der Waals surface area contributed by atoms with Crippen LogP contribution in [-0.2, 0) is 14.8 Å². The second kappa shape index (κ2) is 10.6. The molecule has 3 aliphatic heterocycles. The third kappa shape index (κ3) is 6.43. The smallest absolute Gasteiger partial charge is 0.257 e. The van der Waals surface area contributed by atoms with Crippen molar-refractivity contribution in [3.8, 4) is 5.75 Å². The number of hydrogen-bond acceptors (Lipinski definition) is 6. The van der Waals surface area contributed by atoms with Gasteiger partial charge in [-0.2, -0.15) is 0 Å². The molecule has 0 spiro atoms. The Kier molecular flexibility index (Phi) is 8.13. The summed E-state index contributed by atoms with van der Waals surface area (Å²) in [6.07, 6.45) is 4.88. The molecule has 178 valence electrons. The summed E-state index contributed by atoms with van der Waals surface area (Å²) in [6, 6.07) is 7.07. The molecular formula is C22H33N3O6S. The molecule has 1 fully saturated rings. The number of para-hydroxylation sites is 1. The van der Waals surface area contributed by atoms with Crippen LogP contribution in [0.1, 0.15) is 42.5 Å². The molecular weight excluding hydrogens is 434 g/mol. The van der Waals surface area contributed by atoms with Gasteiger partial charge >= 0.3 is 0 Å². The van der Waals surface area contributed by atoms with Gasteiger partial charge in [-0.25, -0.2) is 13.1 Å². The number of hydrogen-bond donors (Lipinski definition) is 2. The van der Waals surface area contributed by atoms with E-state index in [0.29, 0.717) is 30.9 Å². The lowest BCUT2D eigenvalue weighted by atomic mass is 9.75. The van der Waals surface area contributed by atoms with Gasteiger partial charge in [-0.1, -0.05) is 18.6 Å². The number of fused-ring (bicyclic) bond motifs is 9. The standard InChI is InChI=1S/C22H33N3O6S/c1-32(29,30)23-16-20(27)24-11-5-4-8-22(17-26)9-12-25(13-10-22)21(28)18-6-2-3-7-19(18)31-15-14-24/h2-3,6-7,23,26H,4-5,8-17H2,1H3. The highest BCUT2D eigenvalue weighted by atomic mass is 32.2. The van der Waals surface area contributed by atoms with Gasteiger partial charge in [0.05, 0.1) is 24.9 Å². The lowest BCUT2D eigenvalue weighted by Crippen LogP contribution is -2.44. The van der Waals surface area contributed by atoms with E-state index in [9.17, 15) is 23.1 Å². The van der Waals surface area contributed by atoms with E-state index in [1.54, 1.807) is 29.2 Å². The van der Waals surface area contributed by atoms with Gasteiger partial charge in [0, 0.05) is 26.2 Å². The number of nitrogens with zero attached hydrogens (tertiary/aromatic N) is 2. The maximum Gasteiger partial charge on any atom is 0.257 e. The number of carbonyl (C=O) groups excluding carboxylic acids is 2. The number of carbonyl (C=O) groups is 2. The highest BCUT2D eigenvalue weighted by Gasteiger charge is 2.36. The van der Waals surface area contributed by atoms with Gasteiger partial charge in [0.1, 0.15) is 12.4 Å². The number of sulfonamides is 1. The topological polar surface area (TPSA) is 116 Å². The molecule has 32 heavy (non-hydrogen) atoms. The normalized spacial score (nSPS) is 20.1. The Morgan fingerprint density at radius 2 is 1.84 bits per heavy atom. The fraction of sp³-hybridized carbons (Fsp3) is 0.636. The van der Waals surface area contributed by atoms with Crippen LogP contribution in [0, 0.1) is 5.41 Å². The molecule has 0 unspecified atom stereocenters. The van der Waals surface area contributed by atoms with Crippen molar-refractivity contribution in [2.24, 2.45) is 5.41 Å². The number of ether oxygens (including phenoxy) is 1. The van der Waals surface area contributed by atoms with E-state index in [0.717, 1.165) is 38.4 Å². The largest absolute Gasteiger partial charge is 0.491 e. The first kappa shape index (κ1) is 24.5. The molecule has 0 saturated carbocycles. The Morgan fingerprint density at radius 1 is 1.12 bits per heavy atom. The fourth-order valence-corrected chi connectivity index (χ4v) is 4.73. The second-order valence-electron chi connectivity index (χ2n) is 8.73. The van der Waals surface area contributed by atoms with Crippen LogP contribution in [0.3, 0.4) is 0 Å². The van der Waals surface area contributed by atoms with E-state index in [4.69, 9.17) is 4.74 Å². The molecule has 3 aliphatic rings. The second-order valence-corrected chi connectivity index (χ2v) is 10.6.